The van der Waals surface area contributed by atoms with E-state index in [1.54, 1.807) is 23.1 Å². The van der Waals surface area contributed by atoms with Gasteiger partial charge in [0.15, 0.2) is 0 Å². The quantitative estimate of drug-likeness (QED) is 0.896. The summed E-state index contributed by atoms with van der Waals surface area (Å²) in [5, 5.41) is 12.0. The Labute approximate surface area is 111 Å². The highest BCUT2D eigenvalue weighted by Gasteiger charge is 2.43. The molecule has 1 saturated carbocycles. The molecule has 0 amide bonds. The summed E-state index contributed by atoms with van der Waals surface area (Å²) in [7, 11) is 0. The Balaban J connectivity index is 1.69. The van der Waals surface area contributed by atoms with E-state index in [1.165, 1.54) is 6.07 Å². The number of aryl methyl sites for hydroxylation is 1. The maximum atomic E-state index is 13.3. The topological polar surface area (TPSA) is 42.7 Å². The van der Waals surface area contributed by atoms with Crippen LogP contribution in [0.5, 0.6) is 0 Å². The molecule has 100 valence electrons. The monoisotopic (exact) mass is 260 g/mol. The first kappa shape index (κ1) is 12.3. The van der Waals surface area contributed by atoms with E-state index in [2.05, 4.69) is 15.5 Å². The lowest BCUT2D eigenvalue weighted by atomic mass is 10.0. The van der Waals surface area contributed by atoms with E-state index in [0.717, 1.165) is 30.6 Å². The van der Waals surface area contributed by atoms with Gasteiger partial charge >= 0.3 is 0 Å². The molecule has 0 radical (unpaired) electrons. The minimum Gasteiger partial charge on any atom is -0.302 e. The Morgan fingerprint density at radius 3 is 2.89 bits per heavy atom. The number of nitrogens with zero attached hydrogens (tertiary/aromatic N) is 3. The summed E-state index contributed by atoms with van der Waals surface area (Å²) in [6.45, 7) is 3.44. The molecule has 5 heteroatoms. The fourth-order valence-corrected chi connectivity index (χ4v) is 2.30. The number of hydrogen-bond donors (Lipinski definition) is 1. The lowest BCUT2D eigenvalue weighted by molar-refractivity contribution is 0.499. The van der Waals surface area contributed by atoms with Crippen LogP contribution in [0.25, 0.3) is 0 Å². The third-order valence-corrected chi connectivity index (χ3v) is 3.60. The van der Waals surface area contributed by atoms with Crippen molar-refractivity contribution in [3.63, 3.8) is 0 Å². The minimum atomic E-state index is -0.178. The van der Waals surface area contributed by atoms with Crippen LogP contribution >= 0.6 is 0 Å². The molecule has 1 N–H and O–H groups in total. The molecule has 1 aliphatic carbocycles. The third kappa shape index (κ3) is 2.51. The molecule has 3 rings (SSSR count). The van der Waals surface area contributed by atoms with Crippen LogP contribution in [0.3, 0.4) is 0 Å². The molecule has 0 unspecified atom stereocenters. The normalized spacial score (nSPS) is 16.5. The zero-order valence-corrected chi connectivity index (χ0v) is 10.9. The van der Waals surface area contributed by atoms with Crippen molar-refractivity contribution in [1.29, 1.82) is 0 Å². The van der Waals surface area contributed by atoms with Gasteiger partial charge in [-0.1, -0.05) is 12.1 Å². The Morgan fingerprint density at radius 1 is 1.42 bits per heavy atom. The highest BCUT2D eigenvalue weighted by atomic mass is 19.1. The van der Waals surface area contributed by atoms with Crippen molar-refractivity contribution in [3.8, 4) is 0 Å². The summed E-state index contributed by atoms with van der Waals surface area (Å²) < 4.78 is 13.3. The Bertz CT molecular complexity index is 574. The number of aromatic nitrogens is 3. The van der Waals surface area contributed by atoms with E-state index in [1.807, 2.05) is 13.0 Å². The van der Waals surface area contributed by atoms with Gasteiger partial charge in [-0.15, -0.1) is 0 Å². The van der Waals surface area contributed by atoms with Crippen LogP contribution in [0.2, 0.25) is 0 Å². The number of hydrogen-bond acceptors (Lipinski definition) is 3. The molecule has 0 atom stereocenters. The zero-order chi connectivity index (χ0) is 13.3. The average Bonchev–Trinajstić information content (AvgIpc) is 3.08. The second-order valence-corrected chi connectivity index (χ2v) is 4.97. The summed E-state index contributed by atoms with van der Waals surface area (Å²) >= 11 is 0. The number of rotatable bonds is 5. The standard InChI is InChI=1S/C14H17FN4/c1-2-19-17-10-13(18-19)9-16-14(6-7-14)11-4-3-5-12(15)8-11/h3-5,8,10,16H,2,6-7,9H2,1H3. The Hall–Kier alpha value is -1.75. The van der Waals surface area contributed by atoms with Crippen molar-refractivity contribution in [2.24, 2.45) is 0 Å². The molecule has 4 nitrogen and oxygen atoms in total. The van der Waals surface area contributed by atoms with Gasteiger partial charge < -0.3 is 5.32 Å². The molecule has 1 aromatic carbocycles. The lowest BCUT2D eigenvalue weighted by Gasteiger charge is -2.17. The number of nitrogens with one attached hydrogen (secondary N) is 1. The van der Waals surface area contributed by atoms with Crippen LogP contribution in [0.15, 0.2) is 30.5 Å². The minimum absolute atomic E-state index is 0.0713. The van der Waals surface area contributed by atoms with Gasteiger partial charge in [-0.25, -0.2) is 4.39 Å². The second-order valence-electron chi connectivity index (χ2n) is 4.97. The molecular formula is C14H17FN4. The molecule has 0 aliphatic heterocycles. The molecule has 0 bridgehead atoms. The summed E-state index contributed by atoms with van der Waals surface area (Å²) in [4.78, 5) is 1.67. The van der Waals surface area contributed by atoms with Gasteiger partial charge in [-0.3, -0.25) is 0 Å². The zero-order valence-electron chi connectivity index (χ0n) is 10.9. The van der Waals surface area contributed by atoms with Crippen LogP contribution in [0.4, 0.5) is 4.39 Å². The Morgan fingerprint density at radius 2 is 2.26 bits per heavy atom. The van der Waals surface area contributed by atoms with E-state index in [-0.39, 0.29) is 11.4 Å². The number of halogens is 1. The molecule has 1 heterocycles. The van der Waals surface area contributed by atoms with Crippen molar-refractivity contribution in [2.45, 2.75) is 38.4 Å². The maximum Gasteiger partial charge on any atom is 0.123 e. The third-order valence-electron chi connectivity index (χ3n) is 3.60. The fraction of sp³-hybridized carbons (Fsp3) is 0.429. The van der Waals surface area contributed by atoms with Gasteiger partial charge in [0.05, 0.1) is 18.4 Å². The Kier molecular flexibility index (Phi) is 3.06. The predicted octanol–water partition coefficient (Wildman–Crippen LogP) is 2.22. The summed E-state index contributed by atoms with van der Waals surface area (Å²) in [5.74, 6) is -0.178. The molecule has 1 fully saturated rings. The largest absolute Gasteiger partial charge is 0.302 e. The molecule has 1 aliphatic rings. The predicted molar refractivity (Wildman–Crippen MR) is 69.8 cm³/mol. The van der Waals surface area contributed by atoms with E-state index in [4.69, 9.17) is 0 Å². The van der Waals surface area contributed by atoms with Crippen LogP contribution in [0, 0.1) is 5.82 Å². The van der Waals surface area contributed by atoms with Crippen LogP contribution in [-0.4, -0.2) is 15.0 Å². The van der Waals surface area contributed by atoms with Crippen molar-refractivity contribution in [3.05, 3.63) is 47.5 Å². The van der Waals surface area contributed by atoms with Crippen molar-refractivity contribution >= 4 is 0 Å². The van der Waals surface area contributed by atoms with E-state index in [0.29, 0.717) is 6.54 Å². The van der Waals surface area contributed by atoms with Crippen molar-refractivity contribution in [1.82, 2.24) is 20.3 Å². The first-order chi connectivity index (χ1) is 9.22. The van der Waals surface area contributed by atoms with Crippen LogP contribution in [-0.2, 0) is 18.6 Å². The highest BCUT2D eigenvalue weighted by Crippen LogP contribution is 2.45. The van der Waals surface area contributed by atoms with E-state index in [9.17, 15) is 4.39 Å². The van der Waals surface area contributed by atoms with Crippen LogP contribution in [0.1, 0.15) is 31.0 Å². The summed E-state index contributed by atoms with van der Waals surface area (Å²) in [6.07, 6.45) is 3.86. The van der Waals surface area contributed by atoms with Gasteiger partial charge in [0, 0.05) is 12.1 Å². The molecule has 0 saturated heterocycles. The number of benzene rings is 1. The molecule has 0 spiro atoms. The van der Waals surface area contributed by atoms with E-state index >= 15 is 0 Å². The second kappa shape index (κ2) is 4.74. The van der Waals surface area contributed by atoms with E-state index < -0.39 is 0 Å². The van der Waals surface area contributed by atoms with Gasteiger partial charge in [-0.2, -0.15) is 15.0 Å². The highest BCUT2D eigenvalue weighted by molar-refractivity contribution is 5.30. The first-order valence-corrected chi connectivity index (χ1v) is 6.62. The smallest absolute Gasteiger partial charge is 0.123 e. The van der Waals surface area contributed by atoms with Gasteiger partial charge in [0.25, 0.3) is 0 Å². The first-order valence-electron chi connectivity index (χ1n) is 6.62. The average molecular weight is 260 g/mol. The summed E-state index contributed by atoms with van der Waals surface area (Å²) in [6, 6.07) is 6.83. The van der Waals surface area contributed by atoms with Crippen LogP contribution < -0.4 is 5.32 Å². The van der Waals surface area contributed by atoms with Gasteiger partial charge in [0.2, 0.25) is 0 Å². The molecule has 1 aromatic heterocycles. The van der Waals surface area contributed by atoms with Crippen molar-refractivity contribution in [2.75, 3.05) is 0 Å². The molecule has 2 aromatic rings. The molecular weight excluding hydrogens is 243 g/mol. The SMILES string of the molecule is CCn1ncc(CNC2(c3cccc(F)c3)CC2)n1. The van der Waals surface area contributed by atoms with Gasteiger partial charge in [0.1, 0.15) is 5.82 Å². The fourth-order valence-electron chi connectivity index (χ4n) is 2.30. The van der Waals surface area contributed by atoms with Crippen molar-refractivity contribution < 1.29 is 4.39 Å². The van der Waals surface area contributed by atoms with Gasteiger partial charge in [-0.05, 0) is 37.5 Å². The molecule has 19 heavy (non-hydrogen) atoms. The maximum absolute atomic E-state index is 13.3. The summed E-state index contributed by atoms with van der Waals surface area (Å²) in [5.41, 5.74) is 1.87. The lowest BCUT2D eigenvalue weighted by Crippen LogP contribution is -2.28.